The van der Waals surface area contributed by atoms with Gasteiger partial charge in [-0.15, -0.1) is 0 Å². The van der Waals surface area contributed by atoms with Crippen molar-refractivity contribution in [3.05, 3.63) is 0 Å². The first-order valence-corrected chi connectivity index (χ1v) is 12.3. The van der Waals surface area contributed by atoms with Crippen LogP contribution in [0.5, 0.6) is 0 Å². The Kier molecular flexibility index (Phi) is 9.76. The molecule has 0 spiro atoms. The second-order valence-corrected chi connectivity index (χ2v) is 10.5. The van der Waals surface area contributed by atoms with Crippen LogP contribution in [0.4, 0.5) is 0 Å². The summed E-state index contributed by atoms with van der Waals surface area (Å²) in [5.74, 6) is 1.89. The summed E-state index contributed by atoms with van der Waals surface area (Å²) in [6.07, 6.45) is 4.95. The maximum Gasteiger partial charge on any atom is 0.307 e. The zero-order valence-electron chi connectivity index (χ0n) is 18.7. The lowest BCUT2D eigenvalue weighted by Gasteiger charge is -2.36. The molecule has 0 atom stereocenters. The molecule has 0 saturated carbocycles. The van der Waals surface area contributed by atoms with Crippen LogP contribution in [0.25, 0.3) is 0 Å². The first-order valence-electron chi connectivity index (χ1n) is 11.1. The molecule has 2 N–H and O–H groups in total. The van der Waals surface area contributed by atoms with Gasteiger partial charge < -0.3 is 20.1 Å². The van der Waals surface area contributed by atoms with Crippen LogP contribution in [0.1, 0.15) is 66.2 Å². The summed E-state index contributed by atoms with van der Waals surface area (Å²) in [6, 6.07) is 0. The van der Waals surface area contributed by atoms with E-state index in [0.29, 0.717) is 36.2 Å². The molecular weight excluding hydrogens is 388 g/mol. The molecule has 0 aromatic rings. The van der Waals surface area contributed by atoms with E-state index in [-0.39, 0.29) is 11.9 Å². The van der Waals surface area contributed by atoms with Crippen molar-refractivity contribution in [3.8, 4) is 0 Å². The summed E-state index contributed by atoms with van der Waals surface area (Å²) in [5, 5.41) is 6.69. The van der Waals surface area contributed by atoms with Crippen molar-refractivity contribution in [2.45, 2.75) is 77.4 Å². The highest BCUT2D eigenvalue weighted by atomic mass is 32.2. The van der Waals surface area contributed by atoms with E-state index in [1.165, 1.54) is 0 Å². The van der Waals surface area contributed by atoms with Crippen molar-refractivity contribution in [1.82, 2.24) is 10.6 Å². The standard InChI is InChI=1S/C22H40N2O4S/c1-21(2,17-5-11-23-12-6-17)27-19(25)9-15-29-16-10-20(26)28-22(3,4)18-7-13-24-14-8-18/h17-18,23-24H,5-16H2,1-4H3. The minimum Gasteiger partial charge on any atom is -0.459 e. The van der Waals surface area contributed by atoms with Gasteiger partial charge in [0.2, 0.25) is 0 Å². The number of thioether (sulfide) groups is 1. The summed E-state index contributed by atoms with van der Waals surface area (Å²) in [5.41, 5.74) is -0.818. The van der Waals surface area contributed by atoms with Crippen molar-refractivity contribution in [2.24, 2.45) is 11.8 Å². The highest BCUT2D eigenvalue weighted by Gasteiger charge is 2.35. The monoisotopic (exact) mass is 428 g/mol. The minimum atomic E-state index is -0.409. The molecule has 6 nitrogen and oxygen atoms in total. The molecule has 0 aromatic carbocycles. The molecule has 0 radical (unpaired) electrons. The first-order chi connectivity index (χ1) is 13.7. The smallest absolute Gasteiger partial charge is 0.307 e. The Bertz CT molecular complexity index is 481. The van der Waals surface area contributed by atoms with Gasteiger partial charge in [0.05, 0.1) is 12.8 Å². The fourth-order valence-corrected chi connectivity index (χ4v) is 5.13. The molecule has 2 saturated heterocycles. The Morgan fingerprint density at radius 2 is 1.10 bits per heavy atom. The van der Waals surface area contributed by atoms with Gasteiger partial charge in [-0.25, -0.2) is 0 Å². The van der Waals surface area contributed by atoms with Crippen LogP contribution in [0.3, 0.4) is 0 Å². The second kappa shape index (κ2) is 11.6. The molecule has 2 heterocycles. The lowest BCUT2D eigenvalue weighted by molar-refractivity contribution is -0.163. The molecule has 168 valence electrons. The van der Waals surface area contributed by atoms with Crippen molar-refractivity contribution in [1.29, 1.82) is 0 Å². The molecule has 2 aliphatic rings. The Hall–Kier alpha value is -0.790. The fraction of sp³-hybridized carbons (Fsp3) is 0.909. The van der Waals surface area contributed by atoms with E-state index in [1.807, 2.05) is 27.7 Å². The third-order valence-electron chi connectivity index (χ3n) is 6.30. The van der Waals surface area contributed by atoms with Crippen LogP contribution >= 0.6 is 11.8 Å². The number of hydrogen-bond acceptors (Lipinski definition) is 7. The van der Waals surface area contributed by atoms with E-state index in [4.69, 9.17) is 9.47 Å². The summed E-state index contributed by atoms with van der Waals surface area (Å²) >= 11 is 1.61. The maximum absolute atomic E-state index is 12.2. The normalized spacial score (nSPS) is 19.7. The molecule has 7 heteroatoms. The first kappa shape index (κ1) is 24.5. The fourth-order valence-electron chi connectivity index (χ4n) is 4.30. The highest BCUT2D eigenvalue weighted by molar-refractivity contribution is 7.99. The minimum absolute atomic E-state index is 0.143. The Morgan fingerprint density at radius 3 is 1.45 bits per heavy atom. The van der Waals surface area contributed by atoms with Gasteiger partial charge in [-0.2, -0.15) is 11.8 Å². The Balaban J connectivity index is 1.58. The van der Waals surface area contributed by atoms with Crippen LogP contribution < -0.4 is 10.6 Å². The van der Waals surface area contributed by atoms with Crippen molar-refractivity contribution < 1.29 is 19.1 Å². The third kappa shape index (κ3) is 8.46. The zero-order chi connectivity index (χ0) is 21.3. The van der Waals surface area contributed by atoms with Gasteiger partial charge in [-0.05, 0) is 79.6 Å². The molecule has 0 aromatic heterocycles. The van der Waals surface area contributed by atoms with E-state index in [2.05, 4.69) is 10.6 Å². The van der Waals surface area contributed by atoms with Gasteiger partial charge in [0.15, 0.2) is 0 Å². The largest absolute Gasteiger partial charge is 0.459 e. The topological polar surface area (TPSA) is 76.7 Å². The molecule has 0 aliphatic carbocycles. The zero-order valence-corrected chi connectivity index (χ0v) is 19.5. The molecule has 2 aliphatic heterocycles. The number of ether oxygens (including phenoxy) is 2. The van der Waals surface area contributed by atoms with Crippen molar-refractivity contribution >= 4 is 23.7 Å². The third-order valence-corrected chi connectivity index (χ3v) is 7.29. The summed E-state index contributed by atoms with van der Waals surface area (Å²) < 4.78 is 11.5. The van der Waals surface area contributed by atoms with E-state index in [0.717, 1.165) is 51.9 Å². The molecule has 0 bridgehead atoms. The maximum atomic E-state index is 12.2. The average molecular weight is 429 g/mol. The van der Waals surface area contributed by atoms with Gasteiger partial charge in [0.1, 0.15) is 11.2 Å². The Morgan fingerprint density at radius 1 is 0.759 bits per heavy atom. The lowest BCUT2D eigenvalue weighted by Crippen LogP contribution is -2.42. The van der Waals surface area contributed by atoms with Crippen LogP contribution in [0, 0.1) is 11.8 Å². The molecule has 29 heavy (non-hydrogen) atoms. The summed E-state index contributed by atoms with van der Waals surface area (Å²) in [6.45, 7) is 12.1. The summed E-state index contributed by atoms with van der Waals surface area (Å²) in [4.78, 5) is 24.4. The predicted molar refractivity (Wildman–Crippen MR) is 118 cm³/mol. The summed E-state index contributed by atoms with van der Waals surface area (Å²) in [7, 11) is 0. The van der Waals surface area contributed by atoms with Crippen LogP contribution in [0.2, 0.25) is 0 Å². The average Bonchev–Trinajstić information content (AvgIpc) is 2.68. The molecule has 2 rings (SSSR count). The van der Waals surface area contributed by atoms with Gasteiger partial charge in [-0.3, -0.25) is 9.59 Å². The SMILES string of the molecule is CC(C)(OC(=O)CCSCCC(=O)OC(C)(C)C1CCNCC1)C1CCNCC1. The van der Waals surface area contributed by atoms with E-state index >= 15 is 0 Å². The Labute approximate surface area is 180 Å². The highest BCUT2D eigenvalue weighted by Crippen LogP contribution is 2.30. The molecule has 0 amide bonds. The van der Waals surface area contributed by atoms with Gasteiger partial charge in [0, 0.05) is 23.3 Å². The van der Waals surface area contributed by atoms with E-state index in [9.17, 15) is 9.59 Å². The number of rotatable bonds is 10. The molecular formula is C22H40N2O4S. The quantitative estimate of drug-likeness (QED) is 0.409. The number of carbonyl (C=O) groups excluding carboxylic acids is 2. The van der Waals surface area contributed by atoms with Crippen molar-refractivity contribution in [3.63, 3.8) is 0 Å². The second-order valence-electron chi connectivity index (χ2n) is 9.32. The molecule has 2 fully saturated rings. The number of hydrogen-bond donors (Lipinski definition) is 2. The van der Waals surface area contributed by atoms with Gasteiger partial charge in [-0.1, -0.05) is 0 Å². The number of nitrogens with one attached hydrogen (secondary N) is 2. The van der Waals surface area contributed by atoms with E-state index in [1.54, 1.807) is 11.8 Å². The number of piperidine rings is 2. The predicted octanol–water partition coefficient (Wildman–Crippen LogP) is 3.14. The van der Waals surface area contributed by atoms with Crippen molar-refractivity contribution in [2.75, 3.05) is 37.7 Å². The number of esters is 2. The van der Waals surface area contributed by atoms with Gasteiger partial charge >= 0.3 is 11.9 Å². The van der Waals surface area contributed by atoms with Crippen LogP contribution in [-0.4, -0.2) is 60.8 Å². The van der Waals surface area contributed by atoms with Crippen LogP contribution in [-0.2, 0) is 19.1 Å². The molecule has 0 unspecified atom stereocenters. The van der Waals surface area contributed by atoms with E-state index < -0.39 is 11.2 Å². The van der Waals surface area contributed by atoms with Crippen LogP contribution in [0.15, 0.2) is 0 Å². The lowest BCUT2D eigenvalue weighted by atomic mass is 9.83. The number of carbonyl (C=O) groups is 2. The van der Waals surface area contributed by atoms with Gasteiger partial charge in [0.25, 0.3) is 0 Å².